The Hall–Kier alpha value is -1.82. The maximum Gasteiger partial charge on any atom is 0.131 e. The van der Waals surface area contributed by atoms with Gasteiger partial charge in [0, 0.05) is 18.7 Å². The third-order valence-corrected chi connectivity index (χ3v) is 3.16. The van der Waals surface area contributed by atoms with Gasteiger partial charge < -0.3 is 4.74 Å². The van der Waals surface area contributed by atoms with Crippen molar-refractivity contribution in [3.8, 4) is 0 Å². The van der Waals surface area contributed by atoms with E-state index >= 15 is 0 Å². The van der Waals surface area contributed by atoms with E-state index in [2.05, 4.69) is 5.43 Å². The van der Waals surface area contributed by atoms with Crippen molar-refractivity contribution in [3.05, 3.63) is 71.3 Å². The lowest BCUT2D eigenvalue weighted by Gasteiger charge is -2.26. The number of ether oxygens (including phenoxy) is 1. The van der Waals surface area contributed by atoms with Crippen molar-refractivity contribution in [2.24, 2.45) is 5.84 Å². The zero-order chi connectivity index (χ0) is 14.5. The molecule has 0 radical (unpaired) electrons. The van der Waals surface area contributed by atoms with Crippen LogP contribution in [-0.4, -0.2) is 7.11 Å². The van der Waals surface area contributed by atoms with Gasteiger partial charge in [-0.05, 0) is 11.6 Å². The van der Waals surface area contributed by atoms with E-state index < -0.39 is 23.8 Å². The molecule has 0 aromatic heterocycles. The Morgan fingerprint density at radius 1 is 1.10 bits per heavy atom. The van der Waals surface area contributed by atoms with Gasteiger partial charge in [-0.1, -0.05) is 36.4 Å². The number of nitrogens with one attached hydrogen (secondary N) is 1. The molecule has 0 fully saturated rings. The Bertz CT molecular complexity index is 563. The van der Waals surface area contributed by atoms with E-state index in [1.165, 1.54) is 19.2 Å². The predicted molar refractivity (Wildman–Crippen MR) is 72.6 cm³/mol. The summed E-state index contributed by atoms with van der Waals surface area (Å²) >= 11 is 0. The standard InChI is InChI=1S/C15H16F2N2O/c1-20-15(10-5-3-2-4-6-10)14(19-18)12-8-7-11(16)9-13(12)17/h2-9,14-15,19H,18H2,1H3. The molecule has 20 heavy (non-hydrogen) atoms. The molecule has 5 heteroatoms. The van der Waals surface area contributed by atoms with Crippen molar-refractivity contribution in [2.75, 3.05) is 7.11 Å². The fraction of sp³-hybridized carbons (Fsp3) is 0.200. The SMILES string of the molecule is COC(c1ccccc1)C(NN)c1ccc(F)cc1F. The monoisotopic (exact) mass is 278 g/mol. The average Bonchev–Trinajstić information content (AvgIpc) is 2.46. The summed E-state index contributed by atoms with van der Waals surface area (Å²) in [4.78, 5) is 0. The number of rotatable bonds is 5. The number of methoxy groups -OCH3 is 1. The molecular formula is C15H16F2N2O. The van der Waals surface area contributed by atoms with E-state index in [9.17, 15) is 8.78 Å². The third-order valence-electron chi connectivity index (χ3n) is 3.16. The summed E-state index contributed by atoms with van der Waals surface area (Å²) in [6.07, 6.45) is -0.485. The largest absolute Gasteiger partial charge is 0.375 e. The summed E-state index contributed by atoms with van der Waals surface area (Å²) < 4.78 is 32.3. The first-order chi connectivity index (χ1) is 9.67. The Morgan fingerprint density at radius 3 is 2.35 bits per heavy atom. The highest BCUT2D eigenvalue weighted by molar-refractivity contribution is 5.28. The van der Waals surface area contributed by atoms with Gasteiger partial charge in [-0.15, -0.1) is 0 Å². The first kappa shape index (κ1) is 14.6. The zero-order valence-corrected chi connectivity index (χ0v) is 11.0. The minimum absolute atomic E-state index is 0.254. The van der Waals surface area contributed by atoms with Crippen molar-refractivity contribution < 1.29 is 13.5 Å². The molecule has 0 saturated heterocycles. The van der Waals surface area contributed by atoms with Crippen LogP contribution in [0.4, 0.5) is 8.78 Å². The van der Waals surface area contributed by atoms with E-state index in [0.29, 0.717) is 0 Å². The normalized spacial score (nSPS) is 14.0. The summed E-state index contributed by atoms with van der Waals surface area (Å²) in [5, 5.41) is 0. The van der Waals surface area contributed by atoms with Crippen molar-refractivity contribution in [3.63, 3.8) is 0 Å². The van der Waals surface area contributed by atoms with E-state index in [1.54, 1.807) is 0 Å². The lowest BCUT2D eigenvalue weighted by Crippen LogP contribution is -2.34. The van der Waals surface area contributed by atoms with Crippen LogP contribution in [0.5, 0.6) is 0 Å². The average molecular weight is 278 g/mol. The van der Waals surface area contributed by atoms with Crippen LogP contribution < -0.4 is 11.3 Å². The molecule has 0 amide bonds. The molecule has 0 aliphatic carbocycles. The van der Waals surface area contributed by atoms with Gasteiger partial charge in [0.15, 0.2) is 0 Å². The van der Waals surface area contributed by atoms with Crippen LogP contribution in [0.1, 0.15) is 23.3 Å². The lowest BCUT2D eigenvalue weighted by molar-refractivity contribution is 0.0664. The summed E-state index contributed by atoms with van der Waals surface area (Å²) in [6.45, 7) is 0. The van der Waals surface area contributed by atoms with E-state index in [0.717, 1.165) is 11.6 Å². The molecule has 2 atom stereocenters. The van der Waals surface area contributed by atoms with Gasteiger partial charge in [-0.2, -0.15) is 0 Å². The molecule has 2 aromatic rings. The molecule has 3 nitrogen and oxygen atoms in total. The molecule has 0 saturated carbocycles. The molecular weight excluding hydrogens is 262 g/mol. The van der Waals surface area contributed by atoms with Crippen LogP contribution in [0.25, 0.3) is 0 Å². The van der Waals surface area contributed by atoms with Crippen LogP contribution in [-0.2, 0) is 4.74 Å². The second kappa shape index (κ2) is 6.56. The molecule has 0 bridgehead atoms. The summed E-state index contributed by atoms with van der Waals surface area (Å²) in [6, 6.07) is 12.1. The second-order valence-corrected chi connectivity index (χ2v) is 4.38. The van der Waals surface area contributed by atoms with Gasteiger partial charge in [0.2, 0.25) is 0 Å². The van der Waals surface area contributed by atoms with Crippen molar-refractivity contribution >= 4 is 0 Å². The smallest absolute Gasteiger partial charge is 0.131 e. The molecule has 2 aromatic carbocycles. The molecule has 2 rings (SSSR count). The van der Waals surface area contributed by atoms with Crippen LogP contribution in [0.2, 0.25) is 0 Å². The zero-order valence-electron chi connectivity index (χ0n) is 11.0. The minimum atomic E-state index is -0.661. The molecule has 0 aliphatic heterocycles. The van der Waals surface area contributed by atoms with Gasteiger partial charge >= 0.3 is 0 Å². The van der Waals surface area contributed by atoms with Crippen molar-refractivity contribution in [2.45, 2.75) is 12.1 Å². The predicted octanol–water partition coefficient (Wildman–Crippen LogP) is 2.86. The minimum Gasteiger partial charge on any atom is -0.375 e. The van der Waals surface area contributed by atoms with Gasteiger partial charge in [0.05, 0.1) is 6.04 Å². The fourth-order valence-corrected chi connectivity index (χ4v) is 2.20. The summed E-state index contributed by atoms with van der Waals surface area (Å²) in [5.74, 6) is 4.24. The fourth-order valence-electron chi connectivity index (χ4n) is 2.20. The van der Waals surface area contributed by atoms with Gasteiger partial charge in [0.1, 0.15) is 17.7 Å². The van der Waals surface area contributed by atoms with E-state index in [-0.39, 0.29) is 5.56 Å². The van der Waals surface area contributed by atoms with Crippen LogP contribution >= 0.6 is 0 Å². The first-order valence-electron chi connectivity index (χ1n) is 6.16. The van der Waals surface area contributed by atoms with Crippen molar-refractivity contribution in [1.29, 1.82) is 0 Å². The van der Waals surface area contributed by atoms with Crippen LogP contribution in [0.15, 0.2) is 48.5 Å². The number of benzene rings is 2. The number of hydrogen-bond donors (Lipinski definition) is 2. The Morgan fingerprint density at radius 2 is 1.80 bits per heavy atom. The van der Waals surface area contributed by atoms with Crippen molar-refractivity contribution in [1.82, 2.24) is 5.43 Å². The summed E-state index contributed by atoms with van der Waals surface area (Å²) in [7, 11) is 1.52. The topological polar surface area (TPSA) is 47.3 Å². The highest BCUT2D eigenvalue weighted by atomic mass is 19.1. The number of hydrogen-bond acceptors (Lipinski definition) is 3. The summed E-state index contributed by atoms with van der Waals surface area (Å²) in [5.41, 5.74) is 3.64. The molecule has 0 aliphatic rings. The molecule has 3 N–H and O–H groups in total. The van der Waals surface area contributed by atoms with Crippen LogP contribution in [0.3, 0.4) is 0 Å². The number of nitrogens with two attached hydrogens (primary N) is 1. The quantitative estimate of drug-likeness (QED) is 0.653. The van der Waals surface area contributed by atoms with Gasteiger partial charge in [0.25, 0.3) is 0 Å². The van der Waals surface area contributed by atoms with E-state index in [4.69, 9.17) is 10.6 Å². The van der Waals surface area contributed by atoms with E-state index in [1.807, 2.05) is 30.3 Å². The maximum atomic E-state index is 13.9. The first-order valence-corrected chi connectivity index (χ1v) is 6.16. The lowest BCUT2D eigenvalue weighted by atomic mass is 9.95. The van der Waals surface area contributed by atoms with Gasteiger partial charge in [-0.25, -0.2) is 14.2 Å². The molecule has 0 spiro atoms. The third kappa shape index (κ3) is 3.01. The highest BCUT2D eigenvalue weighted by Crippen LogP contribution is 2.32. The number of halogens is 2. The maximum absolute atomic E-state index is 13.9. The number of hydrazine groups is 1. The van der Waals surface area contributed by atoms with Crippen LogP contribution in [0, 0.1) is 11.6 Å². The Kier molecular flexibility index (Phi) is 4.79. The highest BCUT2D eigenvalue weighted by Gasteiger charge is 2.26. The molecule has 106 valence electrons. The van der Waals surface area contributed by atoms with Gasteiger partial charge in [-0.3, -0.25) is 5.84 Å². The Balaban J connectivity index is 2.39. The molecule has 2 unspecified atom stereocenters. The molecule has 0 heterocycles. The second-order valence-electron chi connectivity index (χ2n) is 4.38. The Labute approximate surface area is 116 Å².